The number of hydrogen-bond acceptors (Lipinski definition) is 19. The van der Waals surface area contributed by atoms with E-state index >= 15 is 0 Å². The zero-order chi connectivity index (χ0) is 57.3. The quantitative estimate of drug-likeness (QED) is 0.0585. The maximum atomic E-state index is 14.1. The van der Waals surface area contributed by atoms with Crippen molar-refractivity contribution >= 4 is 68.1 Å². The molecule has 0 aliphatic rings. The van der Waals surface area contributed by atoms with Gasteiger partial charge in [-0.1, -0.05) is 0 Å². The number of ketones is 2. The maximum Gasteiger partial charge on any atom is 0.335 e. The Morgan fingerprint density at radius 2 is 0.772 bits per heavy atom. The molecule has 9 rings (SSSR count). The van der Waals surface area contributed by atoms with Crippen LogP contribution < -0.4 is 22.9 Å². The predicted molar refractivity (Wildman–Crippen MR) is 300 cm³/mol. The van der Waals surface area contributed by atoms with Gasteiger partial charge in [-0.15, -0.1) is 0 Å². The van der Waals surface area contributed by atoms with Gasteiger partial charge < -0.3 is 42.7 Å². The summed E-state index contributed by atoms with van der Waals surface area (Å²) in [5, 5.41) is 8.97. The van der Waals surface area contributed by atoms with E-state index in [4.69, 9.17) is 28.0 Å². The summed E-state index contributed by atoms with van der Waals surface area (Å²) in [6.07, 6.45) is 6.24. The molecular weight excluding hydrogens is 1020 g/mol. The fourth-order valence-electron chi connectivity index (χ4n) is 7.68. The van der Waals surface area contributed by atoms with Gasteiger partial charge >= 0.3 is 5.97 Å². The van der Waals surface area contributed by atoms with Gasteiger partial charge in [0.05, 0.1) is 39.2 Å². The number of nitrogens with zero attached hydrogens (tertiary/aromatic N) is 12. The Hall–Kier alpha value is -9.03. The number of nitrogens with two attached hydrogens (primary N) is 4. The molecule has 0 unspecified atom stereocenters. The Labute approximate surface area is 453 Å². The number of nitrogen functional groups attached to an aromatic ring is 3. The van der Waals surface area contributed by atoms with Gasteiger partial charge in [-0.25, -0.2) is 62.8 Å². The van der Waals surface area contributed by atoms with Crippen LogP contribution in [0.3, 0.4) is 0 Å². The van der Waals surface area contributed by atoms with Crippen molar-refractivity contribution in [1.82, 2.24) is 59.6 Å². The number of aromatic nitrogens is 9. The lowest BCUT2D eigenvalue weighted by Gasteiger charge is -2.09. The fraction of sp³-hybridized carbons (Fsp3) is 0.250. The molecule has 0 aliphatic carbocycles. The van der Waals surface area contributed by atoms with Crippen molar-refractivity contribution in [3.63, 3.8) is 0 Å². The number of halogens is 3. The summed E-state index contributed by atoms with van der Waals surface area (Å²) in [5.41, 5.74) is 29.0. The Kier molecular flexibility index (Phi) is 20.9. The molecule has 0 atom stereocenters. The van der Waals surface area contributed by atoms with Gasteiger partial charge in [-0.3, -0.25) is 9.59 Å². The van der Waals surface area contributed by atoms with E-state index < -0.39 is 23.4 Å². The van der Waals surface area contributed by atoms with Gasteiger partial charge in [0, 0.05) is 53.7 Å². The minimum atomic E-state index is -1.21. The van der Waals surface area contributed by atoms with Crippen LogP contribution in [0.25, 0.3) is 66.9 Å². The van der Waals surface area contributed by atoms with Crippen LogP contribution in [0.2, 0.25) is 0 Å². The zero-order valence-electron chi connectivity index (χ0n) is 44.5. The van der Waals surface area contributed by atoms with Crippen molar-refractivity contribution in [3.8, 4) is 33.8 Å². The first-order chi connectivity index (χ1) is 37.7. The second kappa shape index (κ2) is 27.8. The van der Waals surface area contributed by atoms with Crippen LogP contribution >= 0.6 is 0 Å². The molecule has 0 saturated carbocycles. The molecule has 6 aromatic heterocycles. The summed E-state index contributed by atoms with van der Waals surface area (Å²) in [6, 6.07) is 22.3. The smallest absolute Gasteiger partial charge is 0.335 e. The van der Waals surface area contributed by atoms with Crippen LogP contribution in [0.15, 0.2) is 110 Å². The lowest BCUT2D eigenvalue weighted by Crippen LogP contribution is -2.20. The van der Waals surface area contributed by atoms with Crippen LogP contribution in [-0.4, -0.2) is 151 Å². The second-order valence-electron chi connectivity index (χ2n) is 18.7. The first-order valence-electron chi connectivity index (χ1n) is 24.7. The number of carbonyl (C=O) groups is 3. The Morgan fingerprint density at radius 1 is 0.456 bits per heavy atom. The number of hydrogen-bond donors (Lipinski definition) is 5. The Bertz CT molecular complexity index is 3450. The minimum Gasteiger partial charge on any atom is -0.478 e. The molecule has 410 valence electrons. The first-order valence-corrected chi connectivity index (χ1v) is 24.7. The molecule has 0 bridgehead atoms. The van der Waals surface area contributed by atoms with E-state index in [9.17, 15) is 27.6 Å². The van der Waals surface area contributed by atoms with Crippen molar-refractivity contribution < 1.29 is 32.7 Å². The normalized spacial score (nSPS) is 11.0. The summed E-state index contributed by atoms with van der Waals surface area (Å²) >= 11 is 0. The molecular formula is C56H61F3N16O4. The number of rotatable bonds is 16. The maximum absolute atomic E-state index is 14.1. The van der Waals surface area contributed by atoms with Gasteiger partial charge in [-0.05, 0) is 159 Å². The summed E-state index contributed by atoms with van der Waals surface area (Å²) in [4.78, 5) is 78.9. The molecule has 0 fully saturated rings. The summed E-state index contributed by atoms with van der Waals surface area (Å²) in [5.74, 6) is -2.26. The number of benzene rings is 3. The highest BCUT2D eigenvalue weighted by atomic mass is 19.1. The lowest BCUT2D eigenvalue weighted by molar-refractivity contribution is 0.0695. The number of carboxylic acids is 1. The van der Waals surface area contributed by atoms with E-state index in [0.717, 1.165) is 45.1 Å². The third-order valence-electron chi connectivity index (χ3n) is 11.6. The highest BCUT2D eigenvalue weighted by Gasteiger charge is 2.16. The number of Topliss-reactive ketones (excluding diaryl/α,β-unsaturated/α-hetero) is 2. The van der Waals surface area contributed by atoms with Crippen molar-refractivity contribution in [3.05, 3.63) is 144 Å². The van der Waals surface area contributed by atoms with Crippen molar-refractivity contribution in [1.29, 1.82) is 0 Å². The van der Waals surface area contributed by atoms with E-state index in [-0.39, 0.29) is 34.6 Å². The predicted octanol–water partition coefficient (Wildman–Crippen LogP) is 7.49. The number of pyridine rings is 3. The van der Waals surface area contributed by atoms with E-state index in [2.05, 4.69) is 49.8 Å². The highest BCUT2D eigenvalue weighted by molar-refractivity contribution is 5.98. The van der Waals surface area contributed by atoms with Crippen molar-refractivity contribution in [2.24, 2.45) is 5.73 Å². The van der Waals surface area contributed by atoms with Crippen molar-refractivity contribution in [2.75, 3.05) is 85.7 Å². The molecule has 0 radical (unpaired) electrons. The van der Waals surface area contributed by atoms with Gasteiger partial charge in [0.25, 0.3) is 0 Å². The molecule has 79 heavy (non-hydrogen) atoms. The molecule has 0 spiro atoms. The average Bonchev–Trinajstić information content (AvgIpc) is 3.44. The van der Waals surface area contributed by atoms with Gasteiger partial charge in [-0.2, -0.15) is 0 Å². The second-order valence-corrected chi connectivity index (χ2v) is 18.7. The monoisotopic (exact) mass is 1080 g/mol. The van der Waals surface area contributed by atoms with E-state index in [0.29, 0.717) is 90.8 Å². The van der Waals surface area contributed by atoms with Crippen LogP contribution in [0.1, 0.15) is 56.8 Å². The Morgan fingerprint density at radius 3 is 1.06 bits per heavy atom. The molecule has 9 aromatic rings. The standard InChI is InChI=1S/2C19H20FN5O.C14H9FN4O2.C4H12N2/c2*1-25(2)7-3-4-17(26)13-8-12(9-14(20)10-13)15-5-6-16-18(24-15)19(21)23-11-22-16;15-9-4-7(3-8(5-9)14(20)21)10-1-2-11-12(19-10)13(16)18-6-17-11;1-6(2)4-3-5/h2*5-6,8-11H,3-4,7H2,1-2H3,(H2,21,22,23);1-6H,(H,20,21)(H2,16,17,18);3-5H2,1-2H3. The third-order valence-corrected chi connectivity index (χ3v) is 11.6. The van der Waals surface area contributed by atoms with Crippen LogP contribution in [0.5, 0.6) is 0 Å². The SMILES string of the molecule is CN(C)CCCC(=O)c1cc(F)cc(-c2ccc3ncnc(N)c3n2)c1.CN(C)CCCC(=O)c1cc(F)cc(-c2ccc3ncnc(N)c3n2)c1.CN(C)CCN.Nc1ncnc2ccc(-c3cc(F)cc(C(=O)O)c3)nc12. The van der Waals surface area contributed by atoms with Gasteiger partial charge in [0.15, 0.2) is 29.0 Å². The number of aromatic carboxylic acids is 1. The highest BCUT2D eigenvalue weighted by Crippen LogP contribution is 2.28. The number of carboxylic acid groups (broad SMARTS) is 1. The molecule has 23 heteroatoms. The average molecular weight is 1080 g/mol. The van der Waals surface area contributed by atoms with Gasteiger partial charge in [0.2, 0.25) is 0 Å². The minimum absolute atomic E-state index is 0.0868. The Balaban J connectivity index is 0.000000183. The van der Waals surface area contributed by atoms with Crippen LogP contribution in [-0.2, 0) is 0 Å². The topological polar surface area (TPSA) is 301 Å². The number of carbonyl (C=O) groups excluding carboxylic acids is 2. The molecule has 0 amide bonds. The molecule has 6 heterocycles. The molecule has 0 saturated heterocycles. The fourth-order valence-corrected chi connectivity index (χ4v) is 7.68. The van der Waals surface area contributed by atoms with Crippen molar-refractivity contribution in [2.45, 2.75) is 25.7 Å². The lowest BCUT2D eigenvalue weighted by atomic mass is 10.0. The largest absolute Gasteiger partial charge is 0.478 e. The number of anilines is 3. The van der Waals surface area contributed by atoms with Gasteiger partial charge in [0.1, 0.15) is 53.0 Å². The molecule has 9 N–H and O–H groups in total. The van der Waals surface area contributed by atoms with E-state index in [1.165, 1.54) is 55.4 Å². The summed E-state index contributed by atoms with van der Waals surface area (Å²) < 4.78 is 41.7. The third kappa shape index (κ3) is 17.0. The molecule has 3 aromatic carbocycles. The van der Waals surface area contributed by atoms with E-state index in [1.807, 2.05) is 52.1 Å². The first kappa shape index (κ1) is 59.2. The zero-order valence-corrected chi connectivity index (χ0v) is 44.5. The van der Waals surface area contributed by atoms with E-state index in [1.54, 1.807) is 48.5 Å². The number of fused-ring (bicyclic) bond motifs is 3. The molecule has 0 aliphatic heterocycles. The number of likely N-dealkylation sites (N-methyl/N-ethyl adjacent to an activating group) is 1. The summed E-state index contributed by atoms with van der Waals surface area (Å²) in [7, 11) is 11.8. The van der Waals surface area contributed by atoms with Crippen LogP contribution in [0.4, 0.5) is 30.6 Å². The van der Waals surface area contributed by atoms with Crippen LogP contribution in [0, 0.1) is 17.5 Å². The summed E-state index contributed by atoms with van der Waals surface area (Å²) in [6.45, 7) is 3.35. The molecule has 20 nitrogen and oxygen atoms in total.